The van der Waals surface area contributed by atoms with Crippen LogP contribution >= 0.6 is 0 Å². The Balaban J connectivity index is 1.65. The van der Waals surface area contributed by atoms with E-state index in [1.54, 1.807) is 6.20 Å². The van der Waals surface area contributed by atoms with E-state index in [0.29, 0.717) is 0 Å². The average molecular weight is 322 g/mol. The maximum absolute atomic E-state index is 4.74. The summed E-state index contributed by atoms with van der Waals surface area (Å²) in [7, 11) is 0. The Morgan fingerprint density at radius 1 is 0.800 bits per heavy atom. The Bertz CT molecular complexity index is 952. The Kier molecular flexibility index (Phi) is 4.34. The van der Waals surface area contributed by atoms with Crippen LogP contribution in [0.15, 0.2) is 96.7 Å². The molecule has 0 aliphatic heterocycles. The molecule has 0 spiro atoms. The van der Waals surface area contributed by atoms with E-state index in [1.165, 1.54) is 16.7 Å². The van der Waals surface area contributed by atoms with Gasteiger partial charge in [0.2, 0.25) is 0 Å². The van der Waals surface area contributed by atoms with Crippen LogP contribution in [0.5, 0.6) is 0 Å². The monoisotopic (exact) mass is 322 g/mol. The first-order valence-electron chi connectivity index (χ1n) is 8.41. The fraction of sp³-hybridized carbons (Fsp3) is 0.0435. The van der Waals surface area contributed by atoms with Crippen molar-refractivity contribution < 1.29 is 0 Å². The quantitative estimate of drug-likeness (QED) is 0.630. The minimum Gasteiger partial charge on any atom is -0.255 e. The highest BCUT2D eigenvalue weighted by Gasteiger charge is 2.05. The van der Waals surface area contributed by atoms with Crippen LogP contribution in [0.25, 0.3) is 23.0 Å². The van der Waals surface area contributed by atoms with E-state index in [2.05, 4.69) is 53.6 Å². The van der Waals surface area contributed by atoms with Crippen LogP contribution in [0.2, 0.25) is 0 Å². The third kappa shape index (κ3) is 3.64. The van der Waals surface area contributed by atoms with Crippen molar-refractivity contribution in [2.24, 2.45) is 0 Å². The van der Waals surface area contributed by atoms with Gasteiger partial charge in [-0.2, -0.15) is 0 Å². The second-order valence-corrected chi connectivity index (χ2v) is 5.95. The van der Waals surface area contributed by atoms with Crippen LogP contribution in [0.3, 0.4) is 0 Å². The molecular weight excluding hydrogens is 304 g/mol. The van der Waals surface area contributed by atoms with Gasteiger partial charge < -0.3 is 0 Å². The smallest absolute Gasteiger partial charge is 0.0893 e. The molecule has 1 aromatic carbocycles. The number of nitrogens with zero attached hydrogens (tertiary/aromatic N) is 2. The first-order chi connectivity index (χ1) is 12.4. The maximum atomic E-state index is 4.74. The van der Waals surface area contributed by atoms with E-state index in [4.69, 9.17) is 4.98 Å². The maximum Gasteiger partial charge on any atom is 0.0893 e. The third-order valence-corrected chi connectivity index (χ3v) is 4.13. The first kappa shape index (κ1) is 15.3. The highest BCUT2D eigenvalue weighted by Crippen LogP contribution is 2.25. The predicted molar refractivity (Wildman–Crippen MR) is 104 cm³/mol. The van der Waals surface area contributed by atoms with Crippen molar-refractivity contribution in [2.75, 3.05) is 0 Å². The van der Waals surface area contributed by atoms with E-state index in [0.717, 1.165) is 23.5 Å². The van der Waals surface area contributed by atoms with Gasteiger partial charge in [0.15, 0.2) is 0 Å². The highest BCUT2D eigenvalue weighted by atomic mass is 14.8. The van der Waals surface area contributed by atoms with Gasteiger partial charge in [-0.05, 0) is 53.5 Å². The average Bonchev–Trinajstić information content (AvgIpc) is 2.70. The summed E-state index contributed by atoms with van der Waals surface area (Å²) < 4.78 is 0. The van der Waals surface area contributed by atoms with Crippen LogP contribution < -0.4 is 0 Å². The summed E-state index contributed by atoms with van der Waals surface area (Å²) in [5, 5.41) is 0. The molecule has 1 aliphatic carbocycles. The van der Waals surface area contributed by atoms with Crippen LogP contribution in [-0.4, -0.2) is 9.97 Å². The molecular formula is C23H18N2. The molecule has 0 atom stereocenters. The van der Waals surface area contributed by atoms with Gasteiger partial charge in [-0.3, -0.25) is 4.98 Å². The molecule has 0 unspecified atom stereocenters. The number of benzene rings is 1. The van der Waals surface area contributed by atoms with E-state index in [9.17, 15) is 0 Å². The lowest BCUT2D eigenvalue weighted by Gasteiger charge is -2.10. The fourth-order valence-corrected chi connectivity index (χ4v) is 2.92. The minimum absolute atomic E-state index is 0.895. The first-order valence-corrected chi connectivity index (χ1v) is 8.41. The number of hydrogen-bond acceptors (Lipinski definition) is 2. The van der Waals surface area contributed by atoms with E-state index < -0.39 is 0 Å². The second-order valence-electron chi connectivity index (χ2n) is 5.95. The molecule has 25 heavy (non-hydrogen) atoms. The zero-order valence-corrected chi connectivity index (χ0v) is 13.8. The van der Waals surface area contributed by atoms with Crippen molar-refractivity contribution in [3.63, 3.8) is 0 Å². The molecule has 0 saturated heterocycles. The van der Waals surface area contributed by atoms with Crippen LogP contribution in [0.4, 0.5) is 0 Å². The van der Waals surface area contributed by atoms with Crippen LogP contribution in [-0.2, 0) is 0 Å². The standard InChI is InChI=1S/C23H18N2/c1-2-9-19(10-3-1)20-11-6-8-18(16-20)17-21-12-7-14-23(25-21)22-13-4-5-15-24-22/h1-7,9-17H,8H2. The molecule has 120 valence electrons. The normalized spacial score (nSPS) is 15.2. The van der Waals surface area contributed by atoms with Gasteiger partial charge in [0.25, 0.3) is 0 Å². The van der Waals surface area contributed by atoms with Crippen molar-refractivity contribution in [2.45, 2.75) is 6.42 Å². The Morgan fingerprint density at radius 2 is 1.64 bits per heavy atom. The molecule has 0 bridgehead atoms. The lowest BCUT2D eigenvalue weighted by molar-refractivity contribution is 1.22. The number of hydrogen-bond donors (Lipinski definition) is 0. The topological polar surface area (TPSA) is 25.8 Å². The fourth-order valence-electron chi connectivity index (χ4n) is 2.92. The molecule has 0 amide bonds. The molecule has 2 heterocycles. The highest BCUT2D eigenvalue weighted by molar-refractivity contribution is 5.79. The minimum atomic E-state index is 0.895. The predicted octanol–water partition coefficient (Wildman–Crippen LogP) is 5.57. The number of rotatable bonds is 3. The molecule has 0 N–H and O–H groups in total. The zero-order chi connectivity index (χ0) is 16.9. The molecule has 2 aromatic heterocycles. The van der Waals surface area contributed by atoms with E-state index in [-0.39, 0.29) is 0 Å². The van der Waals surface area contributed by atoms with Gasteiger partial charge in [-0.1, -0.05) is 60.7 Å². The Hall–Kier alpha value is -3.26. The van der Waals surface area contributed by atoms with E-state index in [1.807, 2.05) is 42.5 Å². The molecule has 0 radical (unpaired) electrons. The molecule has 2 nitrogen and oxygen atoms in total. The zero-order valence-electron chi connectivity index (χ0n) is 13.8. The second kappa shape index (κ2) is 7.10. The summed E-state index contributed by atoms with van der Waals surface area (Å²) in [5.41, 5.74) is 6.48. The largest absolute Gasteiger partial charge is 0.255 e. The summed E-state index contributed by atoms with van der Waals surface area (Å²) in [6, 6.07) is 22.4. The Morgan fingerprint density at radius 3 is 2.48 bits per heavy atom. The third-order valence-electron chi connectivity index (χ3n) is 4.13. The van der Waals surface area contributed by atoms with Crippen molar-refractivity contribution in [3.05, 3.63) is 108 Å². The molecule has 2 heteroatoms. The van der Waals surface area contributed by atoms with Gasteiger partial charge in [0, 0.05) is 6.20 Å². The van der Waals surface area contributed by atoms with Gasteiger partial charge in [0.05, 0.1) is 17.1 Å². The number of pyridine rings is 2. The summed E-state index contributed by atoms with van der Waals surface area (Å²) in [6.07, 6.45) is 11.5. The van der Waals surface area contributed by atoms with Crippen LogP contribution in [0.1, 0.15) is 17.7 Å². The number of aromatic nitrogens is 2. The lowest BCUT2D eigenvalue weighted by Crippen LogP contribution is -1.92. The van der Waals surface area contributed by atoms with Crippen molar-refractivity contribution in [1.82, 2.24) is 9.97 Å². The van der Waals surface area contributed by atoms with Gasteiger partial charge >= 0.3 is 0 Å². The lowest BCUT2D eigenvalue weighted by atomic mass is 9.96. The molecule has 3 aromatic rings. The van der Waals surface area contributed by atoms with E-state index >= 15 is 0 Å². The van der Waals surface area contributed by atoms with Gasteiger partial charge in [-0.15, -0.1) is 0 Å². The van der Waals surface area contributed by atoms with Crippen molar-refractivity contribution >= 4 is 11.6 Å². The SMILES string of the molecule is C1=CC(c2ccccc2)=CC(=Cc2cccc(-c3ccccn3)n2)C1. The molecule has 1 aliphatic rings. The van der Waals surface area contributed by atoms with Gasteiger partial charge in [-0.25, -0.2) is 4.98 Å². The number of allylic oxidation sites excluding steroid dienone is 5. The summed E-state index contributed by atoms with van der Waals surface area (Å²) in [4.78, 5) is 9.12. The summed E-state index contributed by atoms with van der Waals surface area (Å²) in [5.74, 6) is 0. The molecule has 0 saturated carbocycles. The molecule has 0 fully saturated rings. The Labute approximate surface area is 147 Å². The van der Waals surface area contributed by atoms with Crippen LogP contribution in [0, 0.1) is 0 Å². The van der Waals surface area contributed by atoms with Gasteiger partial charge in [0.1, 0.15) is 0 Å². The van der Waals surface area contributed by atoms with Crippen molar-refractivity contribution in [1.29, 1.82) is 0 Å². The van der Waals surface area contributed by atoms with Crippen molar-refractivity contribution in [3.8, 4) is 11.4 Å². The summed E-state index contributed by atoms with van der Waals surface area (Å²) in [6.45, 7) is 0. The summed E-state index contributed by atoms with van der Waals surface area (Å²) >= 11 is 0. The molecule has 4 rings (SSSR count).